The molecular weight excluding hydrogens is 440 g/mol. The van der Waals surface area contributed by atoms with Gasteiger partial charge in [-0.05, 0) is 49.8 Å². The number of hydrogen-bond acceptors (Lipinski definition) is 3. The molecule has 0 aliphatic rings. The fourth-order valence-corrected chi connectivity index (χ4v) is 3.35. The second-order valence-electron chi connectivity index (χ2n) is 7.29. The molecule has 0 aliphatic carbocycles. The van der Waals surface area contributed by atoms with Gasteiger partial charge in [-0.3, -0.25) is 4.79 Å². The van der Waals surface area contributed by atoms with E-state index in [1.807, 2.05) is 55.5 Å². The number of nitrogens with zero attached hydrogens (tertiary/aromatic N) is 1. The molecule has 5 heteroatoms. The molecule has 1 N–H and O–H groups in total. The van der Waals surface area contributed by atoms with Crippen molar-refractivity contribution in [3.05, 3.63) is 63.6 Å². The van der Waals surface area contributed by atoms with Crippen molar-refractivity contribution >= 4 is 33.6 Å². The molecule has 0 saturated carbocycles. The van der Waals surface area contributed by atoms with Crippen molar-refractivity contribution in [3.8, 4) is 11.8 Å². The summed E-state index contributed by atoms with van der Waals surface area (Å²) in [4.78, 5) is 12.6. The second-order valence-corrected chi connectivity index (χ2v) is 8.20. The fraction of sp³-hybridized carbons (Fsp3) is 0.360. The van der Waals surface area contributed by atoms with E-state index < -0.39 is 5.91 Å². The normalized spacial score (nSPS) is 11.1. The standard InChI is InChI=1S/C25H29BrN2O2/c1-3-4-5-6-7-8-15-30-24-14-11-22(26)17-20(24)16-21(18-27)25(29)28-23-12-9-19(2)10-13-23/h9-14,16-17H,3-8,15H2,1-2H3,(H,28,29). The first-order valence-corrected chi connectivity index (χ1v) is 11.2. The zero-order valence-corrected chi connectivity index (χ0v) is 19.3. The Morgan fingerprint density at radius 3 is 2.50 bits per heavy atom. The van der Waals surface area contributed by atoms with Crippen LogP contribution in [-0.2, 0) is 4.79 Å². The molecule has 0 spiro atoms. The smallest absolute Gasteiger partial charge is 0.266 e. The molecule has 0 atom stereocenters. The highest BCUT2D eigenvalue weighted by molar-refractivity contribution is 9.10. The van der Waals surface area contributed by atoms with E-state index in [0.717, 1.165) is 22.9 Å². The van der Waals surface area contributed by atoms with Crippen LogP contribution in [0.1, 0.15) is 56.6 Å². The number of aryl methyl sites for hydroxylation is 1. The molecule has 30 heavy (non-hydrogen) atoms. The number of nitriles is 1. The number of carbonyl (C=O) groups excluding carboxylic acids is 1. The monoisotopic (exact) mass is 468 g/mol. The van der Waals surface area contributed by atoms with Gasteiger partial charge in [0.2, 0.25) is 0 Å². The van der Waals surface area contributed by atoms with Crippen LogP contribution in [-0.4, -0.2) is 12.5 Å². The lowest BCUT2D eigenvalue weighted by atomic mass is 10.1. The Balaban J connectivity index is 2.05. The maximum Gasteiger partial charge on any atom is 0.266 e. The highest BCUT2D eigenvalue weighted by atomic mass is 79.9. The van der Waals surface area contributed by atoms with Crippen molar-refractivity contribution in [1.82, 2.24) is 0 Å². The van der Waals surface area contributed by atoms with Gasteiger partial charge < -0.3 is 10.1 Å². The second kappa shape index (κ2) is 12.9. The van der Waals surface area contributed by atoms with E-state index in [2.05, 4.69) is 28.2 Å². The number of unbranched alkanes of at least 4 members (excludes halogenated alkanes) is 5. The minimum Gasteiger partial charge on any atom is -0.493 e. The van der Waals surface area contributed by atoms with Crippen molar-refractivity contribution < 1.29 is 9.53 Å². The highest BCUT2D eigenvalue weighted by Crippen LogP contribution is 2.26. The summed E-state index contributed by atoms with van der Waals surface area (Å²) >= 11 is 3.45. The van der Waals surface area contributed by atoms with E-state index in [1.165, 1.54) is 25.7 Å². The molecule has 0 aromatic heterocycles. The molecule has 4 nitrogen and oxygen atoms in total. The van der Waals surface area contributed by atoms with E-state index in [-0.39, 0.29) is 5.57 Å². The van der Waals surface area contributed by atoms with Crippen molar-refractivity contribution in [2.75, 3.05) is 11.9 Å². The largest absolute Gasteiger partial charge is 0.493 e. The van der Waals surface area contributed by atoms with Crippen LogP contribution < -0.4 is 10.1 Å². The predicted octanol–water partition coefficient (Wildman–Crippen LogP) is 7.04. The van der Waals surface area contributed by atoms with Gasteiger partial charge in [0.25, 0.3) is 5.91 Å². The van der Waals surface area contributed by atoms with Crippen LogP contribution in [0.15, 0.2) is 52.5 Å². The molecule has 0 radical (unpaired) electrons. The summed E-state index contributed by atoms with van der Waals surface area (Å²) in [5.41, 5.74) is 2.48. The summed E-state index contributed by atoms with van der Waals surface area (Å²) < 4.78 is 6.81. The van der Waals surface area contributed by atoms with Crippen LogP contribution in [0.3, 0.4) is 0 Å². The Hall–Kier alpha value is -2.58. The van der Waals surface area contributed by atoms with Crippen molar-refractivity contribution in [2.45, 2.75) is 52.4 Å². The summed E-state index contributed by atoms with van der Waals surface area (Å²) in [6.45, 7) is 4.81. The maximum absolute atomic E-state index is 12.6. The average Bonchev–Trinajstić information content (AvgIpc) is 2.74. The molecule has 0 saturated heterocycles. The molecule has 0 fully saturated rings. The Kier molecular flexibility index (Phi) is 10.2. The minimum absolute atomic E-state index is 0.0260. The lowest BCUT2D eigenvalue weighted by Gasteiger charge is -2.11. The van der Waals surface area contributed by atoms with Gasteiger partial charge in [-0.25, -0.2) is 0 Å². The number of carbonyl (C=O) groups is 1. The Morgan fingerprint density at radius 2 is 1.80 bits per heavy atom. The highest BCUT2D eigenvalue weighted by Gasteiger charge is 2.12. The number of hydrogen-bond donors (Lipinski definition) is 1. The van der Waals surface area contributed by atoms with Gasteiger partial charge >= 0.3 is 0 Å². The van der Waals surface area contributed by atoms with Crippen LogP contribution in [0.25, 0.3) is 6.08 Å². The quantitative estimate of drug-likeness (QED) is 0.218. The maximum atomic E-state index is 12.6. The third-order valence-electron chi connectivity index (χ3n) is 4.70. The summed E-state index contributed by atoms with van der Waals surface area (Å²) in [7, 11) is 0. The molecule has 2 aromatic rings. The molecular formula is C25H29BrN2O2. The van der Waals surface area contributed by atoms with Crippen LogP contribution in [0.2, 0.25) is 0 Å². The van der Waals surface area contributed by atoms with Gasteiger partial charge in [0.15, 0.2) is 0 Å². The number of nitrogens with one attached hydrogen (secondary N) is 1. The lowest BCUT2D eigenvalue weighted by Crippen LogP contribution is -2.13. The number of anilines is 1. The Morgan fingerprint density at radius 1 is 1.10 bits per heavy atom. The van der Waals surface area contributed by atoms with Crippen LogP contribution >= 0.6 is 15.9 Å². The molecule has 0 bridgehead atoms. The van der Waals surface area contributed by atoms with Crippen LogP contribution in [0, 0.1) is 18.3 Å². The molecule has 0 heterocycles. The molecule has 158 valence electrons. The van der Waals surface area contributed by atoms with Gasteiger partial charge in [-0.1, -0.05) is 72.7 Å². The number of benzene rings is 2. The summed E-state index contributed by atoms with van der Waals surface area (Å²) in [6.07, 6.45) is 8.72. The molecule has 0 aliphatic heterocycles. The van der Waals surface area contributed by atoms with Gasteiger partial charge in [-0.2, -0.15) is 5.26 Å². The van der Waals surface area contributed by atoms with E-state index in [4.69, 9.17) is 4.74 Å². The van der Waals surface area contributed by atoms with Gasteiger partial charge in [0.05, 0.1) is 6.61 Å². The van der Waals surface area contributed by atoms with Crippen molar-refractivity contribution in [2.24, 2.45) is 0 Å². The van der Waals surface area contributed by atoms with E-state index in [0.29, 0.717) is 23.6 Å². The minimum atomic E-state index is -0.441. The molecule has 2 aromatic carbocycles. The molecule has 1 amide bonds. The number of rotatable bonds is 11. The topological polar surface area (TPSA) is 62.1 Å². The predicted molar refractivity (Wildman–Crippen MR) is 126 cm³/mol. The third-order valence-corrected chi connectivity index (χ3v) is 5.19. The van der Waals surface area contributed by atoms with E-state index in [9.17, 15) is 10.1 Å². The zero-order chi connectivity index (χ0) is 21.8. The van der Waals surface area contributed by atoms with E-state index in [1.54, 1.807) is 6.08 Å². The number of ether oxygens (including phenoxy) is 1. The van der Waals surface area contributed by atoms with Gasteiger partial charge in [0, 0.05) is 15.7 Å². The Labute approximate surface area is 188 Å². The first-order valence-electron chi connectivity index (χ1n) is 10.5. The summed E-state index contributed by atoms with van der Waals surface area (Å²) in [6, 6.07) is 15.1. The summed E-state index contributed by atoms with van der Waals surface area (Å²) in [5.74, 6) is 0.228. The fourth-order valence-electron chi connectivity index (χ4n) is 2.97. The van der Waals surface area contributed by atoms with E-state index >= 15 is 0 Å². The number of halogens is 1. The molecule has 2 rings (SSSR count). The first kappa shape index (κ1) is 23.7. The first-order chi connectivity index (χ1) is 14.5. The summed E-state index contributed by atoms with van der Waals surface area (Å²) in [5, 5.41) is 12.3. The van der Waals surface area contributed by atoms with Crippen LogP contribution in [0.5, 0.6) is 5.75 Å². The van der Waals surface area contributed by atoms with Crippen molar-refractivity contribution in [3.63, 3.8) is 0 Å². The van der Waals surface area contributed by atoms with Gasteiger partial charge in [-0.15, -0.1) is 0 Å². The van der Waals surface area contributed by atoms with Crippen molar-refractivity contribution in [1.29, 1.82) is 5.26 Å². The third kappa shape index (κ3) is 8.04. The van der Waals surface area contributed by atoms with Gasteiger partial charge in [0.1, 0.15) is 17.4 Å². The van der Waals surface area contributed by atoms with Crippen LogP contribution in [0.4, 0.5) is 5.69 Å². The average molecular weight is 469 g/mol. The zero-order valence-electron chi connectivity index (χ0n) is 17.7. The number of amides is 1. The SMILES string of the molecule is CCCCCCCCOc1ccc(Br)cc1C=C(C#N)C(=O)Nc1ccc(C)cc1. The Bertz CT molecular complexity index is 898. The molecule has 0 unspecified atom stereocenters. The lowest BCUT2D eigenvalue weighted by molar-refractivity contribution is -0.112.